The van der Waals surface area contributed by atoms with Crippen LogP contribution in [0.4, 0.5) is 0 Å². The molecular weight excluding hydrogens is 1190 g/mol. The maximum Gasteiger partial charge on any atom is 0.187 e. The molecule has 14 bridgehead atoms. The van der Waals surface area contributed by atoms with Gasteiger partial charge in [0.05, 0.1) is 50.7 Å². The molecule has 21 heterocycles. The molecule has 21 aliphatic rings. The van der Waals surface area contributed by atoms with Gasteiger partial charge in [0.1, 0.15) is 176 Å². The van der Waals surface area contributed by atoms with Crippen LogP contribution in [-0.4, -0.2) is 373 Å². The van der Waals surface area contributed by atoms with Gasteiger partial charge in [0.25, 0.3) is 0 Å². The van der Waals surface area contributed by atoms with Crippen LogP contribution in [0.15, 0.2) is 4.91 Å². The first kappa shape index (κ1) is 67.9. The van der Waals surface area contributed by atoms with E-state index in [2.05, 4.69) is 0 Å². The van der Waals surface area contributed by atoms with Crippen molar-refractivity contribution in [3.05, 3.63) is 4.91 Å². The molecule has 21 rings (SSSR count). The fourth-order valence-corrected chi connectivity index (χ4v) is 11.9. The van der Waals surface area contributed by atoms with Crippen molar-refractivity contribution in [1.29, 1.82) is 10.7 Å². The smallest absolute Gasteiger partial charge is 0.187 e. The topological polar surface area (TPSA) is 581 Å². The highest BCUT2D eigenvalue weighted by Gasteiger charge is 2.59. The molecule has 0 radical (unpaired) electrons. The lowest BCUT2D eigenvalue weighted by molar-refractivity contribution is -0.396. The van der Waals surface area contributed by atoms with E-state index in [0.717, 1.165) is 0 Å². The first-order chi connectivity index (χ1) is 40.0. The number of thioether (sulfide) groups is 1. The number of hydrogen-bond donors (Lipinski definition) is 21. The van der Waals surface area contributed by atoms with Gasteiger partial charge in [-0.25, -0.2) is 0 Å². The highest BCUT2D eigenvalue weighted by molar-refractivity contribution is 8.05. The molecule has 0 aliphatic carbocycles. The van der Waals surface area contributed by atoms with E-state index in [1.165, 1.54) is 0 Å². The van der Waals surface area contributed by atoms with Gasteiger partial charge in [-0.15, -0.1) is 11.8 Å². The quantitative estimate of drug-likeness (QED) is 0.0549. The molecule has 21 fully saturated rings. The van der Waals surface area contributed by atoms with Crippen molar-refractivity contribution in [2.45, 2.75) is 215 Å². The zero-order chi connectivity index (χ0) is 61.3. The van der Waals surface area contributed by atoms with E-state index < -0.39 is 265 Å². The highest BCUT2D eigenvalue weighted by atomic mass is 32.2. The standard InChI is InChI=1S/C46H70N2O34S2/c47-1-17(83)18(2-48)84-9-16-39-25(61)32(68)46(75-16)81-38-15(8-54)73-44(30(66)23(38)59)79-36-13(6-52)71-42(28(64)21(36)57)77-34-11(4-50)69-40(26(62)19(34)55)76-33-10(3-49)70-41(27(63)20(33)56)78-35-12(5-51)72-43(29(65)22(35)58)80-37-14(7-53)74-45(82-39)31(67)24(37)60/h10-16,19-46,48-68H,3-9H2/t10-,11+,12-,13+,14-,15+,16+,19-,20+,21-,22+,23-,24+,25-,26+,27+,28-,29+,30-,31+,32-,33-,34-,35-,36-,37-,38-,39+,40?,41-,42-,43-,44-,45-,46+/m0/s1. The van der Waals surface area contributed by atoms with Crippen LogP contribution in [0.5, 0.6) is 0 Å². The molecule has 0 aromatic carbocycles. The third kappa shape index (κ3) is 13.7. The Kier molecular flexibility index (Phi) is 23.7. The van der Waals surface area contributed by atoms with E-state index in [1.54, 1.807) is 6.07 Å². The number of rotatable bonds is 10. The van der Waals surface area contributed by atoms with Gasteiger partial charge in [-0.05, 0) is 5.87 Å². The summed E-state index contributed by atoms with van der Waals surface area (Å²) in [7, 11) is 0. The molecule has 21 saturated heterocycles. The van der Waals surface area contributed by atoms with Gasteiger partial charge in [-0.3, -0.25) is 5.41 Å². The van der Waals surface area contributed by atoms with Crippen LogP contribution in [0.1, 0.15) is 0 Å². The van der Waals surface area contributed by atoms with E-state index >= 15 is 0 Å². The second-order valence-electron chi connectivity index (χ2n) is 20.7. The second kappa shape index (κ2) is 29.3. The molecule has 35 atom stereocenters. The maximum absolute atomic E-state index is 11.7. The molecule has 84 heavy (non-hydrogen) atoms. The summed E-state index contributed by atoms with van der Waals surface area (Å²) in [6.07, 6.45) is -71.2. The Bertz CT molecular complexity index is 2230. The fourth-order valence-electron chi connectivity index (χ4n) is 10.8. The molecule has 0 aromatic rings. The van der Waals surface area contributed by atoms with E-state index in [9.17, 15) is 107 Å². The Labute approximate surface area is 483 Å². The first-order valence-electron chi connectivity index (χ1n) is 26.2. The summed E-state index contributed by atoms with van der Waals surface area (Å²) in [5.41, 5.74) is 0. The number of nitrogens with zero attached hydrogens (tertiary/aromatic N) is 1. The number of aliphatic hydroxyl groups is 20. The minimum atomic E-state index is -2.26. The molecule has 38 heteroatoms. The van der Waals surface area contributed by atoms with Crippen molar-refractivity contribution in [3.63, 3.8) is 0 Å². The highest BCUT2D eigenvalue weighted by Crippen LogP contribution is 2.39. The number of ether oxygens (including phenoxy) is 14. The molecule has 36 nitrogen and oxygen atoms in total. The van der Waals surface area contributed by atoms with E-state index in [-0.39, 0.29) is 4.91 Å². The Morgan fingerprint density at radius 1 is 0.321 bits per heavy atom. The predicted molar refractivity (Wildman–Crippen MR) is 263 cm³/mol. The number of nitriles is 1. The van der Waals surface area contributed by atoms with Gasteiger partial charge in [-0.1, -0.05) is 12.2 Å². The maximum atomic E-state index is 11.7. The van der Waals surface area contributed by atoms with Crippen LogP contribution in [0.25, 0.3) is 0 Å². The van der Waals surface area contributed by atoms with E-state index in [1.807, 2.05) is 5.87 Å². The van der Waals surface area contributed by atoms with Crippen LogP contribution in [0.3, 0.4) is 0 Å². The van der Waals surface area contributed by atoms with Gasteiger partial charge in [0.15, 0.2) is 44.0 Å². The average Bonchev–Trinajstić information content (AvgIpc) is 2.07. The number of aliphatic hydroxyl groups excluding tert-OH is 20. The number of allylic oxidation sites excluding steroid dienone is 1. The third-order valence-electron chi connectivity index (χ3n) is 15.4. The summed E-state index contributed by atoms with van der Waals surface area (Å²) in [5.74, 6) is 1.48. The van der Waals surface area contributed by atoms with Crippen molar-refractivity contribution in [2.24, 2.45) is 0 Å². The molecule has 0 spiro atoms. The molecule has 0 saturated carbocycles. The predicted octanol–water partition coefficient (Wildman–Crippen LogP) is -13.5. The monoisotopic (exact) mass is 1260 g/mol. The molecule has 0 aromatic heterocycles. The lowest BCUT2D eigenvalue weighted by atomic mass is 9.95. The lowest BCUT2D eigenvalue weighted by Gasteiger charge is -2.50. The second-order valence-corrected chi connectivity index (χ2v) is 22.1. The van der Waals surface area contributed by atoms with Crippen molar-refractivity contribution in [2.75, 3.05) is 45.4 Å². The minimum absolute atomic E-state index is 0.248. The Morgan fingerprint density at radius 2 is 0.500 bits per heavy atom. The van der Waals surface area contributed by atoms with Gasteiger partial charge < -0.3 is 168 Å². The number of nitrogens with one attached hydrogen (secondary N) is 1. The van der Waals surface area contributed by atoms with E-state index in [0.29, 0.717) is 11.8 Å². The summed E-state index contributed by atoms with van der Waals surface area (Å²) in [4.78, 5) is -0.677. The molecule has 480 valence electrons. The third-order valence-corrected chi connectivity index (χ3v) is 16.9. The number of hydrogen-bond acceptors (Lipinski definition) is 38. The van der Waals surface area contributed by atoms with Gasteiger partial charge in [0.2, 0.25) is 0 Å². The Balaban J connectivity index is 1.11. The van der Waals surface area contributed by atoms with Gasteiger partial charge in [-0.2, -0.15) is 5.26 Å². The minimum Gasteiger partial charge on any atom is -0.394 e. The van der Waals surface area contributed by atoms with Gasteiger partial charge in [0, 0.05) is 5.75 Å². The SMILES string of the molecule is N#CC(=S)C(=C=N)SC[C@H]1O[C@@H]2O[C@@H]3[C@@H](O)[C@H](O)[C@H](O[C@@H]4[C@@H](O)[C@H](O)[C@H](O[C@@H]5[C@@H](O)[C@@H](O)C(O[C@@H]6[C@H](O)[C@@H](O)[C@H](O[C@@H]7[C@H](O)[C@@H](O)[C@H](O[C@@H]8[C@H](O)[C@@H](O)[C@H](O[C@H]1[C@@H](O)[C@@H]2O)O[C@H]8CO)O[C@H]7CO)O[C@H]6CO)O[C@@H]5CO)O[C@@H]4CO)O[C@@H]3CO. The van der Waals surface area contributed by atoms with Crippen molar-refractivity contribution in [1.82, 2.24) is 0 Å². The summed E-state index contributed by atoms with van der Waals surface area (Å²) in [6, 6.07) is 1.66. The molecule has 1 unspecified atom stereocenters. The van der Waals surface area contributed by atoms with Crippen molar-refractivity contribution >= 4 is 34.7 Å². The summed E-state index contributed by atoms with van der Waals surface area (Å²) in [6.45, 7) is -6.42. The van der Waals surface area contributed by atoms with E-state index in [4.69, 9.17) is 83.9 Å². The summed E-state index contributed by atoms with van der Waals surface area (Å²) in [5, 5.41) is 240. The molecular formula is C46H70N2O34S2. The normalized spacial score (nSPS) is 51.4. The van der Waals surface area contributed by atoms with Crippen molar-refractivity contribution in [3.8, 4) is 6.07 Å². The van der Waals surface area contributed by atoms with Crippen molar-refractivity contribution < 1.29 is 168 Å². The van der Waals surface area contributed by atoms with Crippen LogP contribution < -0.4 is 0 Å². The number of thiocarbonyl (C=S) groups is 1. The molecule has 0 amide bonds. The Morgan fingerprint density at radius 3 is 0.667 bits per heavy atom. The zero-order valence-electron chi connectivity index (χ0n) is 43.6. The van der Waals surface area contributed by atoms with Crippen LogP contribution in [0.2, 0.25) is 0 Å². The van der Waals surface area contributed by atoms with Crippen LogP contribution >= 0.6 is 24.0 Å². The summed E-state index contributed by atoms with van der Waals surface area (Å²) >= 11 is 5.63. The molecule has 21 N–H and O–H groups in total. The summed E-state index contributed by atoms with van der Waals surface area (Å²) < 4.78 is 80.7. The lowest BCUT2D eigenvalue weighted by Crippen LogP contribution is -2.68. The fraction of sp³-hybridized carbons (Fsp3) is 0.913. The van der Waals surface area contributed by atoms with Crippen LogP contribution in [0, 0.1) is 16.7 Å². The zero-order valence-corrected chi connectivity index (χ0v) is 45.2. The van der Waals surface area contributed by atoms with Crippen LogP contribution in [-0.2, 0) is 66.3 Å². The first-order valence-corrected chi connectivity index (χ1v) is 27.6. The average molecular weight is 1260 g/mol. The van der Waals surface area contributed by atoms with Gasteiger partial charge >= 0.3 is 0 Å². The largest absolute Gasteiger partial charge is 0.394 e. The molecule has 21 aliphatic heterocycles. The Hall–Kier alpha value is -1.98.